The average molecular weight is 467 g/mol. The van der Waals surface area contributed by atoms with E-state index in [1.165, 1.54) is 6.07 Å². The van der Waals surface area contributed by atoms with Crippen LogP contribution in [-0.2, 0) is 11.2 Å². The minimum atomic E-state index is -0.511. The number of pyridine rings is 1. The Balaban J connectivity index is 1.38. The number of hydrogen-bond donors (Lipinski definition) is 0. The summed E-state index contributed by atoms with van der Waals surface area (Å²) in [6.07, 6.45) is 6.69. The van der Waals surface area contributed by atoms with E-state index < -0.39 is 11.6 Å². The van der Waals surface area contributed by atoms with E-state index in [2.05, 4.69) is 21.7 Å². The molecule has 1 saturated carbocycles. The maximum absolute atomic E-state index is 13.2. The molecule has 1 amide bonds. The molecule has 178 valence electrons. The fourth-order valence-corrected chi connectivity index (χ4v) is 3.75. The Kier molecular flexibility index (Phi) is 7.77. The highest BCUT2D eigenvalue weighted by Gasteiger charge is 2.28. The van der Waals surface area contributed by atoms with E-state index in [-0.39, 0.29) is 18.7 Å². The SMILES string of the molecule is C=C(F)CCC(=O)N(CCCCCc1nc(C2CC2)no1)c1cccc(-c2ccc(F)cn2)c1. The van der Waals surface area contributed by atoms with Crippen molar-refractivity contribution in [2.24, 2.45) is 0 Å². The molecule has 0 atom stereocenters. The topological polar surface area (TPSA) is 72.1 Å². The van der Waals surface area contributed by atoms with Crippen molar-refractivity contribution in [2.45, 2.75) is 57.3 Å². The van der Waals surface area contributed by atoms with E-state index in [1.54, 1.807) is 11.0 Å². The number of rotatable bonds is 12. The van der Waals surface area contributed by atoms with E-state index in [4.69, 9.17) is 4.52 Å². The summed E-state index contributed by atoms with van der Waals surface area (Å²) in [5, 5.41) is 4.04. The molecular formula is C26H28F2N4O2. The number of unbranched alkanes of at least 4 members (excludes halogenated alkanes) is 2. The van der Waals surface area contributed by atoms with Crippen LogP contribution in [0.2, 0.25) is 0 Å². The second-order valence-corrected chi connectivity index (χ2v) is 8.61. The molecule has 8 heteroatoms. The van der Waals surface area contributed by atoms with Crippen molar-refractivity contribution >= 4 is 11.6 Å². The maximum atomic E-state index is 13.2. The molecule has 1 aliphatic carbocycles. The zero-order valence-electron chi connectivity index (χ0n) is 19.1. The molecule has 2 aromatic heterocycles. The van der Waals surface area contributed by atoms with Gasteiger partial charge in [0.2, 0.25) is 11.8 Å². The van der Waals surface area contributed by atoms with Crippen LogP contribution in [0.4, 0.5) is 14.5 Å². The lowest BCUT2D eigenvalue weighted by Gasteiger charge is -2.23. The van der Waals surface area contributed by atoms with Gasteiger partial charge < -0.3 is 9.42 Å². The number of nitrogens with zero attached hydrogens (tertiary/aromatic N) is 4. The number of carbonyl (C=O) groups is 1. The molecule has 1 aromatic carbocycles. The summed E-state index contributed by atoms with van der Waals surface area (Å²) < 4.78 is 31.8. The van der Waals surface area contributed by atoms with Gasteiger partial charge >= 0.3 is 0 Å². The van der Waals surface area contributed by atoms with Crippen molar-refractivity contribution in [2.75, 3.05) is 11.4 Å². The largest absolute Gasteiger partial charge is 0.339 e. The molecule has 2 heterocycles. The highest BCUT2D eigenvalue weighted by atomic mass is 19.1. The Labute approximate surface area is 197 Å². The molecule has 0 aliphatic heterocycles. The maximum Gasteiger partial charge on any atom is 0.227 e. The highest BCUT2D eigenvalue weighted by Crippen LogP contribution is 2.38. The van der Waals surface area contributed by atoms with Gasteiger partial charge in [0.05, 0.1) is 17.7 Å². The van der Waals surface area contributed by atoms with Gasteiger partial charge in [0.1, 0.15) is 5.82 Å². The van der Waals surface area contributed by atoms with Crippen LogP contribution in [-0.4, -0.2) is 27.6 Å². The monoisotopic (exact) mass is 466 g/mol. The highest BCUT2D eigenvalue weighted by molar-refractivity contribution is 5.94. The van der Waals surface area contributed by atoms with E-state index in [9.17, 15) is 13.6 Å². The van der Waals surface area contributed by atoms with Crippen LogP contribution in [0.15, 0.2) is 59.5 Å². The normalized spacial score (nSPS) is 13.1. The number of allylic oxidation sites excluding steroid dienone is 1. The molecule has 34 heavy (non-hydrogen) atoms. The van der Waals surface area contributed by atoms with Crippen molar-refractivity contribution in [3.8, 4) is 11.3 Å². The third kappa shape index (κ3) is 6.56. The number of carbonyl (C=O) groups excluding carboxylic acids is 1. The summed E-state index contributed by atoms with van der Waals surface area (Å²) in [4.78, 5) is 23.2. The first-order valence-corrected chi connectivity index (χ1v) is 11.7. The molecule has 0 spiro atoms. The van der Waals surface area contributed by atoms with Crippen molar-refractivity contribution in [1.82, 2.24) is 15.1 Å². The van der Waals surface area contributed by atoms with Gasteiger partial charge in [0.15, 0.2) is 5.82 Å². The van der Waals surface area contributed by atoms with Gasteiger partial charge in [-0.05, 0) is 49.9 Å². The Morgan fingerprint density at radius 2 is 2.00 bits per heavy atom. The summed E-state index contributed by atoms with van der Waals surface area (Å²) in [5.41, 5.74) is 2.08. The quantitative estimate of drug-likeness (QED) is 0.299. The zero-order chi connectivity index (χ0) is 23.9. The van der Waals surface area contributed by atoms with Gasteiger partial charge in [-0.25, -0.2) is 8.78 Å². The number of benzene rings is 1. The lowest BCUT2D eigenvalue weighted by molar-refractivity contribution is -0.118. The molecule has 0 saturated heterocycles. The fraction of sp³-hybridized carbons (Fsp3) is 0.385. The number of amides is 1. The Bertz CT molecular complexity index is 1130. The average Bonchev–Trinajstić information content (AvgIpc) is 3.58. The number of halogens is 2. The molecule has 0 bridgehead atoms. The van der Waals surface area contributed by atoms with Crippen LogP contribution >= 0.6 is 0 Å². The lowest BCUT2D eigenvalue weighted by atomic mass is 10.1. The first-order valence-electron chi connectivity index (χ1n) is 11.7. The molecule has 4 rings (SSSR count). The third-order valence-electron chi connectivity index (χ3n) is 5.79. The summed E-state index contributed by atoms with van der Waals surface area (Å²) in [6, 6.07) is 10.3. The molecule has 1 aliphatic rings. The number of aromatic nitrogens is 3. The van der Waals surface area contributed by atoms with Crippen LogP contribution in [0.3, 0.4) is 0 Å². The summed E-state index contributed by atoms with van der Waals surface area (Å²) in [5.74, 6) is 0.856. The molecule has 0 unspecified atom stereocenters. The van der Waals surface area contributed by atoms with Crippen LogP contribution < -0.4 is 4.90 Å². The van der Waals surface area contributed by atoms with Crippen LogP contribution in [0.25, 0.3) is 11.3 Å². The molecule has 0 radical (unpaired) electrons. The predicted octanol–water partition coefficient (Wildman–Crippen LogP) is 6.16. The van der Waals surface area contributed by atoms with E-state index in [0.717, 1.165) is 49.7 Å². The Morgan fingerprint density at radius 3 is 2.74 bits per heavy atom. The number of aryl methyl sites for hydroxylation is 1. The lowest BCUT2D eigenvalue weighted by Crippen LogP contribution is -2.31. The standard InChI is InChI=1S/C26H28F2N4O2/c1-18(27)9-14-25(33)32(15-4-2-3-8-24-30-26(31-34-24)19-10-11-19)22-7-5-6-20(16-22)23-13-12-21(28)17-29-23/h5-7,12-13,16-17,19H,1-4,8-11,14-15H2. The Morgan fingerprint density at radius 1 is 1.15 bits per heavy atom. The zero-order valence-corrected chi connectivity index (χ0v) is 19.1. The van der Waals surface area contributed by atoms with Gasteiger partial charge in [0, 0.05) is 43.0 Å². The first-order chi connectivity index (χ1) is 16.5. The van der Waals surface area contributed by atoms with Gasteiger partial charge in [-0.15, -0.1) is 0 Å². The smallest absolute Gasteiger partial charge is 0.227 e. The molecular weight excluding hydrogens is 438 g/mol. The van der Waals surface area contributed by atoms with Gasteiger partial charge in [-0.1, -0.05) is 30.3 Å². The number of anilines is 1. The van der Waals surface area contributed by atoms with Crippen molar-refractivity contribution in [3.63, 3.8) is 0 Å². The van der Waals surface area contributed by atoms with E-state index >= 15 is 0 Å². The first kappa shape index (κ1) is 23.7. The molecule has 1 fully saturated rings. The molecule has 0 N–H and O–H groups in total. The third-order valence-corrected chi connectivity index (χ3v) is 5.79. The van der Waals surface area contributed by atoms with E-state index in [1.807, 2.05) is 24.3 Å². The second-order valence-electron chi connectivity index (χ2n) is 8.61. The second kappa shape index (κ2) is 11.1. The van der Waals surface area contributed by atoms with Crippen molar-refractivity contribution in [3.05, 3.63) is 72.5 Å². The van der Waals surface area contributed by atoms with Crippen LogP contribution in [0.5, 0.6) is 0 Å². The van der Waals surface area contributed by atoms with Crippen molar-refractivity contribution < 1.29 is 18.1 Å². The minimum absolute atomic E-state index is 0.00493. The summed E-state index contributed by atoms with van der Waals surface area (Å²) in [7, 11) is 0. The Hall–Kier alpha value is -3.42. The molecule has 3 aromatic rings. The minimum Gasteiger partial charge on any atom is -0.339 e. The predicted molar refractivity (Wildman–Crippen MR) is 125 cm³/mol. The summed E-state index contributed by atoms with van der Waals surface area (Å²) >= 11 is 0. The number of hydrogen-bond acceptors (Lipinski definition) is 5. The van der Waals surface area contributed by atoms with Gasteiger partial charge in [0.25, 0.3) is 0 Å². The summed E-state index contributed by atoms with van der Waals surface area (Å²) in [6.45, 7) is 3.75. The van der Waals surface area contributed by atoms with Crippen LogP contribution in [0.1, 0.15) is 62.6 Å². The fourth-order valence-electron chi connectivity index (χ4n) is 3.75. The van der Waals surface area contributed by atoms with Gasteiger partial charge in [-0.2, -0.15) is 4.98 Å². The molecule has 6 nitrogen and oxygen atoms in total. The van der Waals surface area contributed by atoms with Gasteiger partial charge in [-0.3, -0.25) is 9.78 Å². The van der Waals surface area contributed by atoms with Crippen molar-refractivity contribution in [1.29, 1.82) is 0 Å². The van der Waals surface area contributed by atoms with E-state index in [0.29, 0.717) is 36.2 Å². The van der Waals surface area contributed by atoms with Crippen LogP contribution in [0, 0.1) is 5.82 Å².